The monoisotopic (exact) mass is 833 g/mol. The molecule has 2 unspecified atom stereocenters. The number of imidazole rings is 2. The van der Waals surface area contributed by atoms with Crippen LogP contribution in [0.1, 0.15) is 89.1 Å². The fourth-order valence-electron chi connectivity index (χ4n) is 9.19. The van der Waals surface area contributed by atoms with Crippen LogP contribution in [-0.2, 0) is 25.7 Å². The Morgan fingerprint density at radius 2 is 1.84 bits per heavy atom. The Hall–Kier alpha value is -6.16. The summed E-state index contributed by atoms with van der Waals surface area (Å²) >= 11 is 0. The second-order valence-electron chi connectivity index (χ2n) is 16.5. The number of amides is 3. The molecular weight excluding hydrogens is 781 g/mol. The molecule has 4 N–H and O–H groups in total. The zero-order chi connectivity index (χ0) is 43.1. The third-order valence-corrected chi connectivity index (χ3v) is 12.8. The molecule has 3 amide bonds. The van der Waals surface area contributed by atoms with Crippen LogP contribution in [0.25, 0.3) is 44.2 Å². The number of aliphatic hydroxyl groups is 1. The largest absolute Gasteiger partial charge is 0.604 e. The summed E-state index contributed by atoms with van der Waals surface area (Å²) in [5, 5.41) is 26.7. The van der Waals surface area contributed by atoms with Crippen molar-refractivity contribution in [3.05, 3.63) is 65.9 Å². The second-order valence-corrected chi connectivity index (χ2v) is 16.5. The second kappa shape index (κ2) is 17.1. The third kappa shape index (κ3) is 7.73. The Labute approximate surface area is 353 Å². The number of aromatic nitrogens is 4. The van der Waals surface area contributed by atoms with Gasteiger partial charge in [-0.2, -0.15) is 0 Å². The normalized spacial score (nSPS) is 21.5. The minimum Gasteiger partial charge on any atom is -0.604 e. The summed E-state index contributed by atoms with van der Waals surface area (Å²) in [6.07, 6.45) is 3.49. The van der Waals surface area contributed by atoms with Crippen LogP contribution in [0.15, 0.2) is 53.7 Å². The van der Waals surface area contributed by atoms with Crippen LogP contribution in [0.2, 0.25) is 0 Å². The van der Waals surface area contributed by atoms with E-state index in [4.69, 9.17) is 24.2 Å². The lowest BCUT2D eigenvalue weighted by Gasteiger charge is -2.33. The van der Waals surface area contributed by atoms with Crippen molar-refractivity contribution in [2.75, 3.05) is 27.4 Å². The number of nitrogens with one attached hydrogen (secondary N) is 3. The van der Waals surface area contributed by atoms with Crippen LogP contribution in [0, 0.1) is 11.8 Å². The molecule has 0 bridgehead atoms. The molecule has 322 valence electrons. The number of nitrogens with zero attached hydrogens (tertiary/aromatic N) is 5. The van der Waals surface area contributed by atoms with E-state index >= 15 is 0 Å². The number of aliphatic imine (C=N–C) groups is 1. The quantitative estimate of drug-likeness (QED) is 0.0969. The summed E-state index contributed by atoms with van der Waals surface area (Å²) in [6, 6.07) is 12.1. The van der Waals surface area contributed by atoms with Gasteiger partial charge in [0.2, 0.25) is 11.8 Å². The van der Waals surface area contributed by atoms with E-state index in [1.165, 1.54) is 14.2 Å². The minimum absolute atomic E-state index is 0.0241. The Balaban J connectivity index is 1.05. The number of H-pyrrole nitrogens is 2. The number of aromatic amines is 2. The van der Waals surface area contributed by atoms with Gasteiger partial charge < -0.3 is 49.5 Å². The summed E-state index contributed by atoms with van der Waals surface area (Å²) in [4.78, 5) is 64.2. The number of ether oxygens (including phenoxy) is 3. The molecule has 7 atom stereocenters. The van der Waals surface area contributed by atoms with Crippen molar-refractivity contribution in [2.45, 2.75) is 96.6 Å². The number of rotatable bonds is 11. The first-order chi connectivity index (χ1) is 29.5. The highest BCUT2D eigenvalue weighted by Gasteiger charge is 2.42. The van der Waals surface area contributed by atoms with E-state index in [0.29, 0.717) is 44.1 Å². The van der Waals surface area contributed by atoms with Gasteiger partial charge in [0.15, 0.2) is 0 Å². The highest BCUT2D eigenvalue weighted by Crippen LogP contribution is 2.44. The minimum atomic E-state index is -0.895. The molecule has 3 aromatic carbocycles. The molecule has 2 fully saturated rings. The zero-order valence-electron chi connectivity index (χ0n) is 35.4. The van der Waals surface area contributed by atoms with Gasteiger partial charge in [-0.3, -0.25) is 14.6 Å². The molecule has 0 aliphatic carbocycles. The number of aliphatic hydroxyl groups excluding tert-OH is 1. The SMILES string of the molecule is CCC(N=C([O-])OC)C(=O)N1C[C@@H](CO)C[C@H]1c1nc2c(ccc3cc4c(cc32)OCc2cc(-c3cnc([C@@H]5CC[C@H](C)N5C(=O)C(NC(=O)OC)[C@@H](C)CC)[nH]3)ccc2-4)[nH]1. The highest BCUT2D eigenvalue weighted by molar-refractivity contribution is 6.07. The van der Waals surface area contributed by atoms with Crippen LogP contribution < -0.4 is 15.2 Å². The van der Waals surface area contributed by atoms with E-state index in [9.17, 15) is 24.6 Å². The number of hydrogen-bond acceptors (Lipinski definition) is 11. The van der Waals surface area contributed by atoms with E-state index in [1.807, 2.05) is 43.9 Å². The molecule has 0 saturated carbocycles. The van der Waals surface area contributed by atoms with Gasteiger partial charge in [0, 0.05) is 36.1 Å². The molecule has 3 aliphatic rings. The van der Waals surface area contributed by atoms with Crippen molar-refractivity contribution in [1.82, 2.24) is 35.1 Å². The number of alkyl carbamates (subject to hydrolysis) is 1. The smallest absolute Gasteiger partial charge is 0.407 e. The van der Waals surface area contributed by atoms with Crippen LogP contribution >= 0.6 is 0 Å². The molecule has 2 saturated heterocycles. The first kappa shape index (κ1) is 41.6. The van der Waals surface area contributed by atoms with E-state index < -0.39 is 30.3 Å². The van der Waals surface area contributed by atoms with Gasteiger partial charge in [0.1, 0.15) is 42.2 Å². The Morgan fingerprint density at radius 3 is 2.57 bits per heavy atom. The fourth-order valence-corrected chi connectivity index (χ4v) is 9.19. The maximum atomic E-state index is 14.0. The average Bonchev–Trinajstić information content (AvgIpc) is 4.11. The van der Waals surface area contributed by atoms with E-state index in [0.717, 1.165) is 68.3 Å². The predicted molar refractivity (Wildman–Crippen MR) is 226 cm³/mol. The van der Waals surface area contributed by atoms with Crippen molar-refractivity contribution >= 4 is 45.8 Å². The van der Waals surface area contributed by atoms with Gasteiger partial charge in [-0.1, -0.05) is 45.4 Å². The van der Waals surface area contributed by atoms with Gasteiger partial charge in [-0.05, 0) is 92.0 Å². The number of methoxy groups -OCH3 is 2. The van der Waals surface area contributed by atoms with Crippen molar-refractivity contribution < 1.29 is 38.8 Å². The molecular formula is C45H53N8O8-. The Morgan fingerprint density at radius 1 is 1.02 bits per heavy atom. The van der Waals surface area contributed by atoms with Gasteiger partial charge >= 0.3 is 6.09 Å². The molecule has 16 heteroatoms. The molecule has 0 spiro atoms. The topological polar surface area (TPSA) is 210 Å². The zero-order valence-corrected chi connectivity index (χ0v) is 35.4. The van der Waals surface area contributed by atoms with Crippen LogP contribution in [0.5, 0.6) is 5.75 Å². The summed E-state index contributed by atoms with van der Waals surface area (Å²) in [7, 11) is 2.53. The molecule has 3 aliphatic heterocycles. The van der Waals surface area contributed by atoms with E-state index in [2.05, 4.69) is 44.5 Å². The molecule has 61 heavy (non-hydrogen) atoms. The summed E-state index contributed by atoms with van der Waals surface area (Å²) < 4.78 is 15.9. The Bertz CT molecular complexity index is 2500. The van der Waals surface area contributed by atoms with E-state index in [-0.39, 0.29) is 42.3 Å². The lowest BCUT2D eigenvalue weighted by atomic mass is 9.92. The van der Waals surface area contributed by atoms with Crippen molar-refractivity contribution in [3.8, 4) is 28.1 Å². The van der Waals surface area contributed by atoms with Gasteiger partial charge in [-0.15, -0.1) is 0 Å². The summed E-state index contributed by atoms with van der Waals surface area (Å²) in [5.41, 5.74) is 6.36. The molecule has 2 aromatic heterocycles. The molecule has 0 radical (unpaired) electrons. The number of benzene rings is 3. The summed E-state index contributed by atoms with van der Waals surface area (Å²) in [6.45, 7) is 8.37. The fraction of sp³-hybridized carbons (Fsp3) is 0.467. The van der Waals surface area contributed by atoms with Gasteiger partial charge in [-0.25, -0.2) is 14.8 Å². The number of hydrogen-bond donors (Lipinski definition) is 4. The highest BCUT2D eigenvalue weighted by atomic mass is 16.6. The van der Waals surface area contributed by atoms with Crippen molar-refractivity contribution in [3.63, 3.8) is 0 Å². The molecule has 5 heterocycles. The molecule has 16 nitrogen and oxygen atoms in total. The van der Waals surface area contributed by atoms with Crippen LogP contribution in [-0.4, -0.2) is 104 Å². The molecule has 5 aromatic rings. The standard InChI is InChI=1S/C45H54N8O8/c1-7-23(3)38(51-45(58)60-6)43(56)53-24(4)9-14-35(53)40-46-19-34(48-40)27-10-12-29-28(16-27)22-61-37-18-30-26(17-31(29)37)11-13-33-39(30)50-41(47-33)36-15-25(21-54)20-52(36)42(55)32(8-2)49-44(57)59-5/h10-13,16-19,23-25,32,35-36,38,54H,7-9,14-15,20-22H2,1-6H3,(H,46,48)(H,47,50)(H,49,57)(H,51,58)/p-1/t23-,24-,25-,32?,35-,36-,38?/m0/s1. The third-order valence-electron chi connectivity index (χ3n) is 12.8. The first-order valence-corrected chi connectivity index (χ1v) is 21.1. The summed E-state index contributed by atoms with van der Waals surface area (Å²) in [5.74, 6) is 1.36. The lowest BCUT2D eigenvalue weighted by Crippen LogP contribution is -2.53. The van der Waals surface area contributed by atoms with Crippen LogP contribution in [0.3, 0.4) is 0 Å². The number of carbonyl (C=O) groups excluding carboxylic acids is 3. The lowest BCUT2D eigenvalue weighted by molar-refractivity contribution is -0.248. The van der Waals surface area contributed by atoms with E-state index in [1.54, 1.807) is 18.0 Å². The predicted octanol–water partition coefficient (Wildman–Crippen LogP) is 5.51. The number of carbonyl (C=O) groups is 3. The van der Waals surface area contributed by atoms with Crippen LogP contribution in [0.4, 0.5) is 4.79 Å². The first-order valence-electron chi connectivity index (χ1n) is 21.1. The van der Waals surface area contributed by atoms with Crippen molar-refractivity contribution in [2.24, 2.45) is 16.8 Å². The molecule has 8 rings (SSSR count). The van der Waals surface area contributed by atoms with Crippen molar-refractivity contribution in [1.29, 1.82) is 0 Å². The van der Waals surface area contributed by atoms with Gasteiger partial charge in [0.25, 0.3) is 0 Å². The maximum Gasteiger partial charge on any atom is 0.407 e. The Kier molecular flexibility index (Phi) is 11.6. The maximum absolute atomic E-state index is 14.0. The van der Waals surface area contributed by atoms with Gasteiger partial charge in [0.05, 0.1) is 42.1 Å². The number of likely N-dealkylation sites (tertiary alicyclic amines) is 2. The average molecular weight is 834 g/mol. The number of fused-ring (bicyclic) bond motifs is 6.